The van der Waals surface area contributed by atoms with Crippen LogP contribution >= 0.6 is 0 Å². The van der Waals surface area contributed by atoms with Gasteiger partial charge in [-0.1, -0.05) is 6.07 Å². The van der Waals surface area contributed by atoms with Crippen molar-refractivity contribution in [3.8, 4) is 0 Å². The van der Waals surface area contributed by atoms with Crippen LogP contribution in [0.15, 0.2) is 18.2 Å². The van der Waals surface area contributed by atoms with Crippen molar-refractivity contribution < 1.29 is 14.6 Å². The molecular weight excluding hydrogens is 244 g/mol. The number of hydrogen-bond acceptors (Lipinski definition) is 3. The summed E-state index contributed by atoms with van der Waals surface area (Å²) in [6.07, 6.45) is 1.24. The lowest BCUT2D eigenvalue weighted by atomic mass is 10.1. The number of ether oxygens (including phenoxy) is 1. The first-order valence-corrected chi connectivity index (χ1v) is 6.66. The van der Waals surface area contributed by atoms with Crippen molar-refractivity contribution in [1.29, 1.82) is 0 Å². The van der Waals surface area contributed by atoms with Crippen molar-refractivity contribution in [2.75, 3.05) is 18.4 Å². The fourth-order valence-electron chi connectivity index (χ4n) is 2.59. The number of benzene rings is 1. The molecule has 0 aromatic heterocycles. The second-order valence-electron chi connectivity index (χ2n) is 5.15. The molecule has 1 unspecified atom stereocenters. The molecule has 0 spiro atoms. The standard InChI is InChI=1S/C14H18N2O3/c17-13-2-1-5-16(7-13)14(18)15-12-4-3-10-8-19-9-11(10)6-12/h3-4,6,13,17H,1-2,5,7-9H2,(H,15,18). The third-order valence-electron chi connectivity index (χ3n) is 3.66. The molecule has 2 aliphatic rings. The van der Waals surface area contributed by atoms with Gasteiger partial charge in [0.25, 0.3) is 0 Å². The van der Waals surface area contributed by atoms with E-state index < -0.39 is 6.10 Å². The molecule has 1 aromatic carbocycles. The highest BCUT2D eigenvalue weighted by molar-refractivity contribution is 5.89. The van der Waals surface area contributed by atoms with Gasteiger partial charge in [-0.15, -0.1) is 0 Å². The van der Waals surface area contributed by atoms with Crippen LogP contribution in [0, 0.1) is 0 Å². The third kappa shape index (κ3) is 2.72. The fraction of sp³-hybridized carbons (Fsp3) is 0.500. The molecule has 102 valence electrons. The van der Waals surface area contributed by atoms with E-state index >= 15 is 0 Å². The first-order valence-electron chi connectivity index (χ1n) is 6.66. The Hall–Kier alpha value is -1.59. The quantitative estimate of drug-likeness (QED) is 0.810. The Labute approximate surface area is 112 Å². The molecule has 3 rings (SSSR count). The number of carbonyl (C=O) groups is 1. The van der Waals surface area contributed by atoms with Crippen molar-refractivity contribution in [3.63, 3.8) is 0 Å². The minimum Gasteiger partial charge on any atom is -0.391 e. The summed E-state index contributed by atoms with van der Waals surface area (Å²) in [5.74, 6) is 0. The summed E-state index contributed by atoms with van der Waals surface area (Å²) in [7, 11) is 0. The Kier molecular flexibility index (Phi) is 3.40. The van der Waals surface area contributed by atoms with Crippen LogP contribution in [0.1, 0.15) is 24.0 Å². The fourth-order valence-corrected chi connectivity index (χ4v) is 2.59. The van der Waals surface area contributed by atoms with Crippen LogP contribution in [0.2, 0.25) is 0 Å². The molecule has 2 N–H and O–H groups in total. The van der Waals surface area contributed by atoms with Gasteiger partial charge in [-0.05, 0) is 36.1 Å². The number of fused-ring (bicyclic) bond motifs is 1. The number of aliphatic hydroxyl groups is 1. The number of rotatable bonds is 1. The number of aliphatic hydroxyl groups excluding tert-OH is 1. The highest BCUT2D eigenvalue weighted by atomic mass is 16.5. The smallest absolute Gasteiger partial charge is 0.321 e. The summed E-state index contributed by atoms with van der Waals surface area (Å²) in [6, 6.07) is 5.70. The number of nitrogens with zero attached hydrogens (tertiary/aromatic N) is 1. The predicted molar refractivity (Wildman–Crippen MR) is 70.8 cm³/mol. The Morgan fingerprint density at radius 3 is 3.05 bits per heavy atom. The van der Waals surface area contributed by atoms with E-state index in [0.29, 0.717) is 26.3 Å². The predicted octanol–water partition coefficient (Wildman–Crippen LogP) is 1.71. The number of amides is 2. The molecule has 1 fully saturated rings. The third-order valence-corrected chi connectivity index (χ3v) is 3.66. The van der Waals surface area contributed by atoms with Gasteiger partial charge in [0.1, 0.15) is 0 Å². The lowest BCUT2D eigenvalue weighted by Gasteiger charge is -2.30. The topological polar surface area (TPSA) is 61.8 Å². The van der Waals surface area contributed by atoms with Gasteiger partial charge in [0, 0.05) is 18.8 Å². The molecule has 0 bridgehead atoms. The van der Waals surface area contributed by atoms with Gasteiger partial charge >= 0.3 is 6.03 Å². The number of piperidine rings is 1. The lowest BCUT2D eigenvalue weighted by molar-refractivity contribution is 0.0883. The molecule has 2 aliphatic heterocycles. The summed E-state index contributed by atoms with van der Waals surface area (Å²) in [4.78, 5) is 13.8. The van der Waals surface area contributed by atoms with Crippen LogP contribution in [0.3, 0.4) is 0 Å². The Balaban J connectivity index is 1.66. The molecule has 0 saturated carbocycles. The average molecular weight is 262 g/mol. The minimum absolute atomic E-state index is 0.141. The minimum atomic E-state index is -0.395. The number of anilines is 1. The number of urea groups is 1. The van der Waals surface area contributed by atoms with Gasteiger partial charge in [0.15, 0.2) is 0 Å². The van der Waals surface area contributed by atoms with Gasteiger partial charge in [0.2, 0.25) is 0 Å². The zero-order valence-corrected chi connectivity index (χ0v) is 10.8. The van der Waals surface area contributed by atoms with E-state index in [1.54, 1.807) is 4.90 Å². The van der Waals surface area contributed by atoms with E-state index in [0.717, 1.165) is 24.1 Å². The van der Waals surface area contributed by atoms with Crippen LogP contribution in [-0.2, 0) is 18.0 Å². The van der Waals surface area contributed by atoms with Crippen LogP contribution in [-0.4, -0.2) is 35.2 Å². The van der Waals surface area contributed by atoms with E-state index in [9.17, 15) is 9.90 Å². The maximum Gasteiger partial charge on any atom is 0.321 e. The molecule has 19 heavy (non-hydrogen) atoms. The molecule has 5 nitrogen and oxygen atoms in total. The SMILES string of the molecule is O=C(Nc1ccc2c(c1)COC2)N1CCCC(O)C1. The maximum absolute atomic E-state index is 12.1. The zero-order chi connectivity index (χ0) is 13.2. The summed E-state index contributed by atoms with van der Waals surface area (Å²) in [5, 5.41) is 12.5. The van der Waals surface area contributed by atoms with Crippen molar-refractivity contribution in [2.24, 2.45) is 0 Å². The van der Waals surface area contributed by atoms with E-state index in [-0.39, 0.29) is 6.03 Å². The van der Waals surface area contributed by atoms with E-state index in [4.69, 9.17) is 4.74 Å². The van der Waals surface area contributed by atoms with Gasteiger partial charge in [-0.25, -0.2) is 4.79 Å². The van der Waals surface area contributed by atoms with Crippen LogP contribution in [0.25, 0.3) is 0 Å². The summed E-state index contributed by atoms with van der Waals surface area (Å²) < 4.78 is 5.35. The highest BCUT2D eigenvalue weighted by Crippen LogP contribution is 2.23. The largest absolute Gasteiger partial charge is 0.391 e. The molecule has 2 heterocycles. The van der Waals surface area contributed by atoms with Gasteiger partial charge in [0.05, 0.1) is 19.3 Å². The molecule has 0 radical (unpaired) electrons. The van der Waals surface area contributed by atoms with Gasteiger partial charge in [-0.3, -0.25) is 0 Å². The van der Waals surface area contributed by atoms with Crippen LogP contribution in [0.5, 0.6) is 0 Å². The Bertz CT molecular complexity index is 490. The average Bonchev–Trinajstić information content (AvgIpc) is 2.86. The molecule has 2 amide bonds. The van der Waals surface area contributed by atoms with Crippen LogP contribution < -0.4 is 5.32 Å². The molecule has 1 aromatic rings. The zero-order valence-electron chi connectivity index (χ0n) is 10.8. The normalized spacial score (nSPS) is 22.2. The first kappa shape index (κ1) is 12.4. The number of β-amino-alcohol motifs (C(OH)–C–C–N with tert-alkyl or cyclic N) is 1. The summed E-state index contributed by atoms with van der Waals surface area (Å²) in [5.41, 5.74) is 3.11. The molecule has 0 aliphatic carbocycles. The van der Waals surface area contributed by atoms with Crippen molar-refractivity contribution >= 4 is 11.7 Å². The van der Waals surface area contributed by atoms with E-state index in [1.807, 2.05) is 18.2 Å². The monoisotopic (exact) mass is 262 g/mol. The first-order chi connectivity index (χ1) is 9.22. The number of nitrogens with one attached hydrogen (secondary N) is 1. The summed E-state index contributed by atoms with van der Waals surface area (Å²) >= 11 is 0. The molecule has 1 atom stereocenters. The molecule has 1 saturated heterocycles. The second kappa shape index (κ2) is 5.19. The molecule has 5 heteroatoms. The Morgan fingerprint density at radius 2 is 2.21 bits per heavy atom. The highest BCUT2D eigenvalue weighted by Gasteiger charge is 2.22. The second-order valence-corrected chi connectivity index (χ2v) is 5.15. The lowest BCUT2D eigenvalue weighted by Crippen LogP contribution is -2.44. The summed E-state index contributed by atoms with van der Waals surface area (Å²) in [6.45, 7) is 2.39. The molecular formula is C14H18N2O3. The number of hydrogen-bond donors (Lipinski definition) is 2. The number of carbonyl (C=O) groups excluding carboxylic acids is 1. The van der Waals surface area contributed by atoms with Gasteiger partial charge < -0.3 is 20.1 Å². The van der Waals surface area contributed by atoms with Gasteiger partial charge in [-0.2, -0.15) is 0 Å². The maximum atomic E-state index is 12.1. The van der Waals surface area contributed by atoms with E-state index in [1.165, 1.54) is 5.56 Å². The van der Waals surface area contributed by atoms with Crippen LogP contribution in [0.4, 0.5) is 10.5 Å². The van der Waals surface area contributed by atoms with E-state index in [2.05, 4.69) is 5.32 Å². The van der Waals surface area contributed by atoms with Crippen molar-refractivity contribution in [2.45, 2.75) is 32.2 Å². The Morgan fingerprint density at radius 1 is 1.37 bits per heavy atom. The number of likely N-dealkylation sites (tertiary alicyclic amines) is 1. The van der Waals surface area contributed by atoms with Crippen molar-refractivity contribution in [1.82, 2.24) is 4.90 Å². The van der Waals surface area contributed by atoms with Crippen molar-refractivity contribution in [3.05, 3.63) is 29.3 Å².